The van der Waals surface area contributed by atoms with Crippen LogP contribution in [-0.4, -0.2) is 43.5 Å². The van der Waals surface area contributed by atoms with Crippen molar-refractivity contribution in [2.75, 3.05) is 39.5 Å². The van der Waals surface area contributed by atoms with Crippen LogP contribution < -0.4 is 5.73 Å². The Morgan fingerprint density at radius 1 is 1.50 bits per heavy atom. The summed E-state index contributed by atoms with van der Waals surface area (Å²) in [5.41, 5.74) is 7.94. The van der Waals surface area contributed by atoms with Gasteiger partial charge in [-0.15, -0.1) is 0 Å². The summed E-state index contributed by atoms with van der Waals surface area (Å²) in [6.45, 7) is 4.57. The van der Waals surface area contributed by atoms with Crippen LogP contribution in [0.3, 0.4) is 0 Å². The lowest BCUT2D eigenvalue weighted by molar-refractivity contribution is 0.267. The van der Waals surface area contributed by atoms with Gasteiger partial charge in [0.25, 0.3) is 0 Å². The van der Waals surface area contributed by atoms with E-state index in [1.807, 2.05) is 12.1 Å². The highest BCUT2D eigenvalue weighted by molar-refractivity contribution is 9.10. The summed E-state index contributed by atoms with van der Waals surface area (Å²) < 4.78 is 1.15. The van der Waals surface area contributed by atoms with Crippen LogP contribution >= 0.6 is 15.9 Å². The molecule has 0 aliphatic carbocycles. The number of nitrogens with zero attached hydrogens (tertiary/aromatic N) is 2. The Hall–Kier alpha value is -0.580. The van der Waals surface area contributed by atoms with E-state index in [4.69, 9.17) is 5.73 Å². The van der Waals surface area contributed by atoms with Crippen molar-refractivity contribution < 1.29 is 0 Å². The van der Waals surface area contributed by atoms with Crippen LogP contribution in [0, 0.1) is 5.92 Å². The molecule has 1 saturated heterocycles. The van der Waals surface area contributed by atoms with Crippen LogP contribution in [0.1, 0.15) is 12.0 Å². The third kappa shape index (κ3) is 3.70. The fraction of sp³-hybridized carbons (Fsp3) is 0.571. The Morgan fingerprint density at radius 2 is 2.28 bits per heavy atom. The van der Waals surface area contributed by atoms with Gasteiger partial charge in [-0.1, -0.05) is 15.9 Å². The molecule has 0 aromatic heterocycles. The largest absolute Gasteiger partial charge is 0.399 e. The van der Waals surface area contributed by atoms with Gasteiger partial charge >= 0.3 is 0 Å². The van der Waals surface area contributed by atoms with Crippen molar-refractivity contribution in [2.24, 2.45) is 5.92 Å². The third-order valence-corrected chi connectivity index (χ3v) is 4.34. The van der Waals surface area contributed by atoms with Gasteiger partial charge in [0, 0.05) is 29.8 Å². The number of rotatable bonds is 4. The van der Waals surface area contributed by atoms with Gasteiger partial charge in [0.15, 0.2) is 0 Å². The molecule has 1 atom stereocenters. The molecule has 1 fully saturated rings. The Morgan fingerprint density at radius 3 is 2.94 bits per heavy atom. The highest BCUT2D eigenvalue weighted by atomic mass is 79.9. The van der Waals surface area contributed by atoms with Gasteiger partial charge in [0.05, 0.1) is 0 Å². The van der Waals surface area contributed by atoms with Gasteiger partial charge < -0.3 is 15.5 Å². The van der Waals surface area contributed by atoms with Crippen molar-refractivity contribution in [2.45, 2.75) is 13.0 Å². The summed E-state index contributed by atoms with van der Waals surface area (Å²) >= 11 is 3.59. The van der Waals surface area contributed by atoms with E-state index < -0.39 is 0 Å². The van der Waals surface area contributed by atoms with E-state index in [1.165, 1.54) is 25.1 Å². The van der Waals surface area contributed by atoms with E-state index in [9.17, 15) is 0 Å². The molecule has 0 bridgehead atoms. The topological polar surface area (TPSA) is 32.5 Å². The van der Waals surface area contributed by atoms with Crippen molar-refractivity contribution >= 4 is 21.6 Å². The van der Waals surface area contributed by atoms with Crippen molar-refractivity contribution in [3.8, 4) is 0 Å². The van der Waals surface area contributed by atoms with Crippen LogP contribution in [0.5, 0.6) is 0 Å². The van der Waals surface area contributed by atoms with Crippen molar-refractivity contribution in [1.29, 1.82) is 0 Å². The van der Waals surface area contributed by atoms with Crippen LogP contribution in [-0.2, 0) is 6.54 Å². The number of hydrogen-bond donors (Lipinski definition) is 1. The number of nitrogen functional groups attached to an aromatic ring is 1. The summed E-state index contributed by atoms with van der Waals surface area (Å²) in [7, 11) is 4.39. The smallest absolute Gasteiger partial charge is 0.0318 e. The molecule has 4 heteroatoms. The van der Waals surface area contributed by atoms with Crippen LogP contribution in [0.2, 0.25) is 0 Å². The number of hydrogen-bond acceptors (Lipinski definition) is 3. The molecule has 1 aliphatic heterocycles. The SMILES string of the molecule is CN1CCC(CN(C)Cc2cc(N)ccc2Br)C1. The molecule has 2 rings (SSSR count). The monoisotopic (exact) mass is 311 g/mol. The summed E-state index contributed by atoms with van der Waals surface area (Å²) in [5, 5.41) is 0. The highest BCUT2D eigenvalue weighted by Crippen LogP contribution is 2.22. The van der Waals surface area contributed by atoms with E-state index in [0.29, 0.717) is 0 Å². The zero-order valence-corrected chi connectivity index (χ0v) is 12.8. The zero-order chi connectivity index (χ0) is 13.1. The first kappa shape index (κ1) is 13.8. The number of benzene rings is 1. The van der Waals surface area contributed by atoms with Gasteiger partial charge in [0.1, 0.15) is 0 Å². The second kappa shape index (κ2) is 6.04. The maximum atomic E-state index is 5.84. The average molecular weight is 312 g/mol. The quantitative estimate of drug-likeness (QED) is 0.867. The van der Waals surface area contributed by atoms with Crippen molar-refractivity contribution in [1.82, 2.24) is 9.80 Å². The molecule has 1 aromatic rings. The number of nitrogens with two attached hydrogens (primary N) is 1. The molecule has 3 nitrogen and oxygen atoms in total. The molecule has 1 aliphatic rings. The molecule has 0 radical (unpaired) electrons. The van der Waals surface area contributed by atoms with Crippen molar-refractivity contribution in [3.63, 3.8) is 0 Å². The lowest BCUT2D eigenvalue weighted by Gasteiger charge is -2.21. The lowest BCUT2D eigenvalue weighted by atomic mass is 10.1. The predicted octanol–water partition coefficient (Wildman–Crippen LogP) is 2.41. The molecule has 100 valence electrons. The van der Waals surface area contributed by atoms with E-state index in [-0.39, 0.29) is 0 Å². The van der Waals surface area contributed by atoms with E-state index in [2.05, 4.69) is 45.9 Å². The van der Waals surface area contributed by atoms with E-state index >= 15 is 0 Å². The highest BCUT2D eigenvalue weighted by Gasteiger charge is 2.20. The minimum atomic E-state index is 0.805. The zero-order valence-electron chi connectivity index (χ0n) is 11.2. The summed E-state index contributed by atoms with van der Waals surface area (Å²) in [4.78, 5) is 4.80. The van der Waals surface area contributed by atoms with Gasteiger partial charge in [-0.2, -0.15) is 0 Å². The fourth-order valence-electron chi connectivity index (χ4n) is 2.69. The molecule has 1 heterocycles. The molecule has 1 unspecified atom stereocenters. The summed E-state index contributed by atoms with van der Waals surface area (Å²) in [6, 6.07) is 6.02. The molecule has 0 saturated carbocycles. The van der Waals surface area contributed by atoms with Gasteiger partial charge in [-0.25, -0.2) is 0 Å². The molecule has 0 spiro atoms. The Balaban J connectivity index is 1.90. The number of likely N-dealkylation sites (tertiary alicyclic amines) is 1. The molecule has 2 N–H and O–H groups in total. The molecule has 18 heavy (non-hydrogen) atoms. The second-order valence-corrected chi connectivity index (χ2v) is 6.32. The lowest BCUT2D eigenvalue weighted by Crippen LogP contribution is -2.27. The fourth-order valence-corrected chi connectivity index (χ4v) is 3.06. The second-order valence-electron chi connectivity index (χ2n) is 5.46. The normalized spacial score (nSPS) is 20.8. The first-order valence-electron chi connectivity index (χ1n) is 6.45. The molecular weight excluding hydrogens is 290 g/mol. The van der Waals surface area contributed by atoms with Crippen LogP contribution in [0.25, 0.3) is 0 Å². The Labute approximate surface area is 118 Å². The van der Waals surface area contributed by atoms with Gasteiger partial charge in [-0.05, 0) is 56.7 Å². The number of anilines is 1. The minimum absolute atomic E-state index is 0.805. The molecular formula is C14H22BrN3. The van der Waals surface area contributed by atoms with Crippen LogP contribution in [0.4, 0.5) is 5.69 Å². The average Bonchev–Trinajstić information content (AvgIpc) is 2.69. The molecule has 0 amide bonds. The first-order valence-corrected chi connectivity index (χ1v) is 7.25. The third-order valence-electron chi connectivity index (χ3n) is 3.57. The van der Waals surface area contributed by atoms with E-state index in [0.717, 1.165) is 29.2 Å². The predicted molar refractivity (Wildman–Crippen MR) is 80.5 cm³/mol. The summed E-state index contributed by atoms with van der Waals surface area (Å²) in [5.74, 6) is 0.805. The first-order chi connectivity index (χ1) is 8.54. The van der Waals surface area contributed by atoms with E-state index in [1.54, 1.807) is 0 Å². The minimum Gasteiger partial charge on any atom is -0.399 e. The molecule has 1 aromatic carbocycles. The maximum Gasteiger partial charge on any atom is 0.0318 e. The Bertz CT molecular complexity index is 408. The van der Waals surface area contributed by atoms with Gasteiger partial charge in [0.2, 0.25) is 0 Å². The number of halogens is 1. The standard InChI is InChI=1S/C14H22BrN3/c1-17-6-5-11(8-17)9-18(2)10-12-7-13(16)3-4-14(12)15/h3-4,7,11H,5-6,8-10,16H2,1-2H3. The van der Waals surface area contributed by atoms with Crippen molar-refractivity contribution in [3.05, 3.63) is 28.2 Å². The summed E-state index contributed by atoms with van der Waals surface area (Å²) in [6.07, 6.45) is 1.32. The van der Waals surface area contributed by atoms with Gasteiger partial charge in [-0.3, -0.25) is 0 Å². The Kier molecular flexibility index (Phi) is 4.65. The maximum absolute atomic E-state index is 5.84. The van der Waals surface area contributed by atoms with Crippen LogP contribution in [0.15, 0.2) is 22.7 Å².